The van der Waals surface area contributed by atoms with E-state index in [1.165, 1.54) is 16.5 Å². The van der Waals surface area contributed by atoms with Crippen molar-refractivity contribution in [3.8, 4) is 16.2 Å². The summed E-state index contributed by atoms with van der Waals surface area (Å²) in [4.78, 5) is 10.4. The van der Waals surface area contributed by atoms with Gasteiger partial charge in [0.15, 0.2) is 0 Å². The second kappa shape index (κ2) is 9.28. The molecule has 0 atom stereocenters. The predicted molar refractivity (Wildman–Crippen MR) is 136 cm³/mol. The van der Waals surface area contributed by atoms with Crippen LogP contribution in [0.25, 0.3) is 21.2 Å². The molecule has 5 rings (SSSR count). The zero-order chi connectivity index (χ0) is 22.1. The number of fused-ring (bicyclic) bond motifs is 1. The molecule has 2 heterocycles. The van der Waals surface area contributed by atoms with Crippen LogP contribution in [0.2, 0.25) is 10.0 Å². The molecule has 0 bridgehead atoms. The molecule has 7 heteroatoms. The molecular weight excluding hydrogens is 461 g/mol. The van der Waals surface area contributed by atoms with E-state index in [4.69, 9.17) is 27.9 Å². The minimum absolute atomic E-state index is 0.425. The Morgan fingerprint density at radius 3 is 2.62 bits per heavy atom. The maximum atomic E-state index is 6.16. The molecule has 4 aromatic rings. The van der Waals surface area contributed by atoms with Crippen LogP contribution in [-0.4, -0.2) is 43.1 Å². The van der Waals surface area contributed by atoms with E-state index in [1.54, 1.807) is 11.3 Å². The van der Waals surface area contributed by atoms with Gasteiger partial charge in [-0.05, 0) is 48.3 Å². The SMILES string of the molecule is CN1CCN(c2cccc3ccc(OCc4ncc(-c5ccc(Cl)c(Cl)c5)s4)cc23)CC1. The fourth-order valence-electron chi connectivity index (χ4n) is 3.95. The van der Waals surface area contributed by atoms with Crippen molar-refractivity contribution in [2.24, 2.45) is 0 Å². The van der Waals surface area contributed by atoms with Gasteiger partial charge in [0, 0.05) is 43.4 Å². The molecule has 0 unspecified atom stereocenters. The van der Waals surface area contributed by atoms with E-state index >= 15 is 0 Å². The second-order valence-electron chi connectivity index (χ2n) is 7.99. The van der Waals surface area contributed by atoms with Crippen molar-refractivity contribution in [2.75, 3.05) is 38.1 Å². The van der Waals surface area contributed by atoms with Crippen LogP contribution in [0.3, 0.4) is 0 Å². The smallest absolute Gasteiger partial charge is 0.140 e. The summed E-state index contributed by atoms with van der Waals surface area (Å²) in [5, 5.41) is 4.46. The van der Waals surface area contributed by atoms with Crippen molar-refractivity contribution >= 4 is 51.0 Å². The van der Waals surface area contributed by atoms with Crippen LogP contribution in [0, 0.1) is 0 Å². The molecule has 0 radical (unpaired) electrons. The third kappa shape index (κ3) is 4.57. The number of nitrogens with zero attached hydrogens (tertiary/aromatic N) is 3. The molecule has 0 saturated carbocycles. The molecule has 0 spiro atoms. The fourth-order valence-corrected chi connectivity index (χ4v) is 5.08. The largest absolute Gasteiger partial charge is 0.486 e. The molecule has 1 fully saturated rings. The zero-order valence-corrected chi connectivity index (χ0v) is 20.1. The van der Waals surface area contributed by atoms with Crippen molar-refractivity contribution in [2.45, 2.75) is 6.61 Å². The van der Waals surface area contributed by atoms with Gasteiger partial charge in [-0.3, -0.25) is 0 Å². The molecule has 1 saturated heterocycles. The van der Waals surface area contributed by atoms with Crippen LogP contribution < -0.4 is 9.64 Å². The van der Waals surface area contributed by atoms with Gasteiger partial charge in [0.2, 0.25) is 0 Å². The Morgan fingerprint density at radius 1 is 0.969 bits per heavy atom. The number of rotatable bonds is 5. The third-order valence-electron chi connectivity index (χ3n) is 5.79. The number of anilines is 1. The summed E-state index contributed by atoms with van der Waals surface area (Å²) in [6.07, 6.45) is 1.86. The highest BCUT2D eigenvalue weighted by Crippen LogP contribution is 2.33. The van der Waals surface area contributed by atoms with Gasteiger partial charge in [-0.1, -0.05) is 47.5 Å². The third-order valence-corrected chi connectivity index (χ3v) is 7.55. The van der Waals surface area contributed by atoms with E-state index < -0.39 is 0 Å². The van der Waals surface area contributed by atoms with Crippen molar-refractivity contribution in [3.05, 3.63) is 75.8 Å². The molecule has 4 nitrogen and oxygen atoms in total. The summed E-state index contributed by atoms with van der Waals surface area (Å²) >= 11 is 13.8. The van der Waals surface area contributed by atoms with Crippen LogP contribution in [-0.2, 0) is 6.61 Å². The number of thiazole rings is 1. The minimum Gasteiger partial charge on any atom is -0.486 e. The second-order valence-corrected chi connectivity index (χ2v) is 9.92. The van der Waals surface area contributed by atoms with Gasteiger partial charge in [-0.15, -0.1) is 11.3 Å². The highest BCUT2D eigenvalue weighted by atomic mass is 35.5. The number of aromatic nitrogens is 1. The number of piperazine rings is 1. The van der Waals surface area contributed by atoms with Gasteiger partial charge >= 0.3 is 0 Å². The number of ether oxygens (including phenoxy) is 1. The van der Waals surface area contributed by atoms with Gasteiger partial charge in [-0.25, -0.2) is 4.98 Å². The molecule has 164 valence electrons. The summed E-state index contributed by atoms with van der Waals surface area (Å²) in [5.74, 6) is 0.852. The van der Waals surface area contributed by atoms with E-state index in [0.29, 0.717) is 16.7 Å². The summed E-state index contributed by atoms with van der Waals surface area (Å²) in [7, 11) is 2.18. The first-order chi connectivity index (χ1) is 15.6. The van der Waals surface area contributed by atoms with Gasteiger partial charge < -0.3 is 14.5 Å². The lowest BCUT2D eigenvalue weighted by molar-refractivity contribution is 0.306. The van der Waals surface area contributed by atoms with Crippen LogP contribution in [0.15, 0.2) is 60.8 Å². The Bertz CT molecular complexity index is 1250. The molecule has 1 aliphatic heterocycles. The average molecular weight is 484 g/mol. The molecule has 32 heavy (non-hydrogen) atoms. The first-order valence-electron chi connectivity index (χ1n) is 10.6. The number of hydrogen-bond acceptors (Lipinski definition) is 5. The van der Waals surface area contributed by atoms with Crippen molar-refractivity contribution in [1.82, 2.24) is 9.88 Å². The maximum absolute atomic E-state index is 6.16. The standard InChI is InChI=1S/C25H23Cl2N3OS/c1-29-9-11-30(12-10-29)23-4-2-3-17-5-7-19(14-20(17)23)31-16-25-28-15-24(32-25)18-6-8-21(26)22(27)13-18/h2-8,13-15H,9-12,16H2,1H3. The van der Waals surface area contributed by atoms with Crippen molar-refractivity contribution in [1.29, 1.82) is 0 Å². The molecule has 1 aromatic heterocycles. The number of hydrogen-bond donors (Lipinski definition) is 0. The predicted octanol–water partition coefficient (Wildman–Crippen LogP) is 6.60. The van der Waals surface area contributed by atoms with Crippen LogP contribution in [0.1, 0.15) is 5.01 Å². The van der Waals surface area contributed by atoms with Crippen LogP contribution in [0.4, 0.5) is 5.69 Å². The minimum atomic E-state index is 0.425. The summed E-state index contributed by atoms with van der Waals surface area (Å²) in [6, 6.07) is 18.4. The molecular formula is C25H23Cl2N3OS. The lowest BCUT2D eigenvalue weighted by Gasteiger charge is -2.34. The monoisotopic (exact) mass is 483 g/mol. The van der Waals surface area contributed by atoms with E-state index in [9.17, 15) is 0 Å². The van der Waals surface area contributed by atoms with Gasteiger partial charge in [-0.2, -0.15) is 0 Å². The van der Waals surface area contributed by atoms with E-state index in [2.05, 4.69) is 52.2 Å². The van der Waals surface area contributed by atoms with Gasteiger partial charge in [0.25, 0.3) is 0 Å². The molecule has 0 N–H and O–H groups in total. The van der Waals surface area contributed by atoms with Gasteiger partial charge in [0.1, 0.15) is 17.4 Å². The highest BCUT2D eigenvalue weighted by molar-refractivity contribution is 7.15. The van der Waals surface area contributed by atoms with E-state index in [0.717, 1.165) is 47.4 Å². The van der Waals surface area contributed by atoms with Crippen molar-refractivity contribution < 1.29 is 4.74 Å². The average Bonchev–Trinajstić information content (AvgIpc) is 3.29. The van der Waals surface area contributed by atoms with Gasteiger partial charge in [0.05, 0.1) is 14.9 Å². The molecule has 0 aliphatic carbocycles. The Labute approximate surface area is 202 Å². The number of benzene rings is 3. The molecule has 0 amide bonds. The van der Waals surface area contributed by atoms with E-state index in [1.807, 2.05) is 30.5 Å². The Hall–Kier alpha value is -2.31. The first-order valence-corrected chi connectivity index (χ1v) is 12.1. The quantitative estimate of drug-likeness (QED) is 0.319. The molecule has 3 aromatic carbocycles. The topological polar surface area (TPSA) is 28.6 Å². The summed E-state index contributed by atoms with van der Waals surface area (Å²) < 4.78 is 6.13. The van der Waals surface area contributed by atoms with Crippen LogP contribution >= 0.6 is 34.5 Å². The lowest BCUT2D eigenvalue weighted by atomic mass is 10.1. The molecule has 1 aliphatic rings. The fraction of sp³-hybridized carbons (Fsp3) is 0.240. The Balaban J connectivity index is 1.33. The highest BCUT2D eigenvalue weighted by Gasteiger charge is 2.16. The number of halogens is 2. The van der Waals surface area contributed by atoms with E-state index in [-0.39, 0.29) is 0 Å². The Morgan fingerprint density at radius 2 is 1.81 bits per heavy atom. The zero-order valence-electron chi connectivity index (χ0n) is 17.7. The normalized spacial score (nSPS) is 14.8. The Kier molecular flexibility index (Phi) is 6.24. The first kappa shape index (κ1) is 21.5. The summed E-state index contributed by atoms with van der Waals surface area (Å²) in [6.45, 7) is 4.67. The van der Waals surface area contributed by atoms with Crippen LogP contribution in [0.5, 0.6) is 5.75 Å². The summed E-state index contributed by atoms with van der Waals surface area (Å²) in [5.41, 5.74) is 2.28. The van der Waals surface area contributed by atoms with Crippen molar-refractivity contribution in [3.63, 3.8) is 0 Å². The lowest BCUT2D eigenvalue weighted by Crippen LogP contribution is -2.44. The maximum Gasteiger partial charge on any atom is 0.140 e. The number of likely N-dealkylation sites (N-methyl/N-ethyl adjacent to an activating group) is 1.